The van der Waals surface area contributed by atoms with Gasteiger partial charge in [-0.15, -0.1) is 6.58 Å². The third-order valence-electron chi connectivity index (χ3n) is 3.38. The van der Waals surface area contributed by atoms with Crippen LogP contribution in [0.15, 0.2) is 36.9 Å². The number of hydrogen-bond acceptors (Lipinski definition) is 2. The molecule has 0 fully saturated rings. The monoisotopic (exact) mass is 288 g/mol. The molecule has 0 bridgehead atoms. The highest BCUT2D eigenvalue weighted by Gasteiger charge is 2.39. The molecule has 0 heterocycles. The summed E-state index contributed by atoms with van der Waals surface area (Å²) < 4.78 is 0. The fraction of sp³-hybridized carbons (Fsp3) is 0.412. The Balaban J connectivity index is 3.02. The molecule has 0 atom stereocenters. The first kappa shape index (κ1) is 17.0. The minimum atomic E-state index is -1.12. The lowest BCUT2D eigenvalue weighted by Crippen LogP contribution is -2.49. The van der Waals surface area contributed by atoms with Crippen molar-refractivity contribution in [1.82, 2.24) is 5.32 Å². The Kier molecular flexibility index (Phi) is 5.70. The van der Waals surface area contributed by atoms with Gasteiger partial charge in [0.1, 0.15) is 5.41 Å². The van der Waals surface area contributed by atoms with Gasteiger partial charge in [0.05, 0.1) is 0 Å². The summed E-state index contributed by atoms with van der Waals surface area (Å²) in [6.07, 6.45) is 1.59. The van der Waals surface area contributed by atoms with Crippen LogP contribution in [0.2, 0.25) is 0 Å². The molecule has 0 aliphatic heterocycles. The van der Waals surface area contributed by atoms with Gasteiger partial charge < -0.3 is 10.2 Å². The molecule has 0 unspecified atom stereocenters. The molecule has 1 aromatic carbocycles. The van der Waals surface area contributed by atoms with Crippen LogP contribution < -0.4 is 10.2 Å². The third-order valence-corrected chi connectivity index (χ3v) is 3.38. The molecule has 0 aromatic heterocycles. The number of nitrogens with one attached hydrogen (secondary N) is 1. The lowest BCUT2D eigenvalue weighted by atomic mass is 9.90. The van der Waals surface area contributed by atoms with Crippen LogP contribution in [0.5, 0.6) is 0 Å². The summed E-state index contributed by atoms with van der Waals surface area (Å²) in [6.45, 7) is 11.6. The van der Waals surface area contributed by atoms with Crippen LogP contribution >= 0.6 is 0 Å². The van der Waals surface area contributed by atoms with Crippen LogP contribution in [-0.4, -0.2) is 24.9 Å². The van der Waals surface area contributed by atoms with E-state index in [1.165, 1.54) is 0 Å². The quantitative estimate of drug-likeness (QED) is 0.646. The molecule has 4 heteroatoms. The number of rotatable bonds is 6. The SMILES string of the molecule is C=CCNC(=O)C(C)(C)C(=O)N(CC)c1cccc(C)c1. The number of carbonyl (C=O) groups excluding carboxylic acids is 2. The molecule has 1 rings (SSSR count). The number of carbonyl (C=O) groups is 2. The van der Waals surface area contributed by atoms with Crippen molar-refractivity contribution in [2.45, 2.75) is 27.7 Å². The first-order chi connectivity index (χ1) is 9.84. The highest BCUT2D eigenvalue weighted by atomic mass is 16.2. The van der Waals surface area contributed by atoms with E-state index in [9.17, 15) is 9.59 Å². The minimum Gasteiger partial charge on any atom is -0.352 e. The van der Waals surface area contributed by atoms with Gasteiger partial charge in [0.25, 0.3) is 0 Å². The molecule has 0 radical (unpaired) electrons. The molecule has 0 saturated carbocycles. The summed E-state index contributed by atoms with van der Waals surface area (Å²) in [6, 6.07) is 7.71. The zero-order chi connectivity index (χ0) is 16.0. The Morgan fingerprint density at radius 2 is 2.05 bits per heavy atom. The second kappa shape index (κ2) is 7.07. The molecule has 114 valence electrons. The highest BCUT2D eigenvalue weighted by Crippen LogP contribution is 2.24. The predicted molar refractivity (Wildman–Crippen MR) is 86.2 cm³/mol. The number of benzene rings is 1. The van der Waals surface area contributed by atoms with Crippen molar-refractivity contribution in [3.05, 3.63) is 42.5 Å². The molecule has 4 nitrogen and oxygen atoms in total. The lowest BCUT2D eigenvalue weighted by Gasteiger charge is -2.30. The van der Waals surface area contributed by atoms with Crippen LogP contribution in [0.25, 0.3) is 0 Å². The van der Waals surface area contributed by atoms with E-state index in [0.29, 0.717) is 13.1 Å². The largest absolute Gasteiger partial charge is 0.352 e. The predicted octanol–water partition coefficient (Wildman–Crippen LogP) is 2.68. The van der Waals surface area contributed by atoms with Crippen molar-refractivity contribution in [3.8, 4) is 0 Å². The molecular formula is C17H24N2O2. The van der Waals surface area contributed by atoms with Crippen molar-refractivity contribution in [2.24, 2.45) is 5.41 Å². The molecule has 1 aromatic rings. The minimum absolute atomic E-state index is 0.211. The number of anilines is 1. The molecule has 1 N–H and O–H groups in total. The summed E-state index contributed by atoms with van der Waals surface area (Å²) in [5, 5.41) is 2.69. The van der Waals surface area contributed by atoms with Gasteiger partial charge in [-0.25, -0.2) is 0 Å². The van der Waals surface area contributed by atoms with Crippen molar-refractivity contribution in [3.63, 3.8) is 0 Å². The van der Waals surface area contributed by atoms with E-state index >= 15 is 0 Å². The first-order valence-electron chi connectivity index (χ1n) is 7.12. The fourth-order valence-corrected chi connectivity index (χ4v) is 2.06. The fourth-order valence-electron chi connectivity index (χ4n) is 2.06. The van der Waals surface area contributed by atoms with Gasteiger partial charge in [0.15, 0.2) is 0 Å². The van der Waals surface area contributed by atoms with Crippen LogP contribution in [-0.2, 0) is 9.59 Å². The standard InChI is InChI=1S/C17H24N2O2/c1-6-11-18-15(20)17(4,5)16(21)19(7-2)14-10-8-9-13(3)12-14/h6,8-10,12H,1,7,11H2,2-5H3,(H,18,20). The Labute approximate surface area is 126 Å². The summed E-state index contributed by atoms with van der Waals surface area (Å²) in [4.78, 5) is 26.6. The zero-order valence-electron chi connectivity index (χ0n) is 13.3. The average molecular weight is 288 g/mol. The normalized spacial score (nSPS) is 10.9. The molecule has 0 spiro atoms. The Morgan fingerprint density at radius 3 is 2.57 bits per heavy atom. The Bertz CT molecular complexity index is 535. The van der Waals surface area contributed by atoms with Crippen molar-refractivity contribution in [1.29, 1.82) is 0 Å². The van der Waals surface area contributed by atoms with Crippen LogP contribution in [0.3, 0.4) is 0 Å². The maximum Gasteiger partial charge on any atom is 0.242 e. The third kappa shape index (κ3) is 3.94. The number of nitrogens with zero attached hydrogens (tertiary/aromatic N) is 1. The van der Waals surface area contributed by atoms with Gasteiger partial charge in [0.2, 0.25) is 11.8 Å². The molecular weight excluding hydrogens is 264 g/mol. The smallest absolute Gasteiger partial charge is 0.242 e. The zero-order valence-corrected chi connectivity index (χ0v) is 13.3. The average Bonchev–Trinajstić information content (AvgIpc) is 2.45. The Morgan fingerprint density at radius 1 is 1.38 bits per heavy atom. The second-order valence-corrected chi connectivity index (χ2v) is 5.51. The van der Waals surface area contributed by atoms with E-state index in [0.717, 1.165) is 11.3 Å². The molecule has 0 saturated heterocycles. The topological polar surface area (TPSA) is 49.4 Å². The molecule has 0 aliphatic rings. The Hall–Kier alpha value is -2.10. The van der Waals surface area contributed by atoms with Gasteiger partial charge in [0, 0.05) is 18.8 Å². The van der Waals surface area contributed by atoms with Crippen molar-refractivity contribution >= 4 is 17.5 Å². The lowest BCUT2D eigenvalue weighted by molar-refractivity contribution is -0.139. The van der Waals surface area contributed by atoms with E-state index < -0.39 is 5.41 Å². The first-order valence-corrected chi connectivity index (χ1v) is 7.12. The number of amides is 2. The summed E-state index contributed by atoms with van der Waals surface area (Å²) in [5.74, 6) is -0.504. The number of aryl methyl sites for hydroxylation is 1. The van der Waals surface area contributed by atoms with E-state index in [1.807, 2.05) is 38.1 Å². The van der Waals surface area contributed by atoms with E-state index in [2.05, 4.69) is 11.9 Å². The van der Waals surface area contributed by atoms with Gasteiger partial charge in [-0.3, -0.25) is 9.59 Å². The summed E-state index contributed by atoms with van der Waals surface area (Å²) in [5.41, 5.74) is 0.766. The van der Waals surface area contributed by atoms with E-state index in [4.69, 9.17) is 0 Å². The maximum absolute atomic E-state index is 12.8. The van der Waals surface area contributed by atoms with E-state index in [-0.39, 0.29) is 11.8 Å². The van der Waals surface area contributed by atoms with Crippen LogP contribution in [0.4, 0.5) is 5.69 Å². The van der Waals surface area contributed by atoms with Gasteiger partial charge in [-0.2, -0.15) is 0 Å². The van der Waals surface area contributed by atoms with Gasteiger partial charge in [-0.05, 0) is 45.4 Å². The van der Waals surface area contributed by atoms with Crippen LogP contribution in [0.1, 0.15) is 26.3 Å². The number of hydrogen-bond donors (Lipinski definition) is 1. The van der Waals surface area contributed by atoms with Gasteiger partial charge in [-0.1, -0.05) is 18.2 Å². The molecule has 21 heavy (non-hydrogen) atoms. The summed E-state index contributed by atoms with van der Waals surface area (Å²) >= 11 is 0. The van der Waals surface area contributed by atoms with Crippen molar-refractivity contribution in [2.75, 3.05) is 18.0 Å². The highest BCUT2D eigenvalue weighted by molar-refractivity contribution is 6.11. The van der Waals surface area contributed by atoms with Gasteiger partial charge >= 0.3 is 0 Å². The van der Waals surface area contributed by atoms with Crippen molar-refractivity contribution < 1.29 is 9.59 Å². The molecule has 2 amide bonds. The van der Waals surface area contributed by atoms with E-state index in [1.54, 1.807) is 24.8 Å². The maximum atomic E-state index is 12.8. The second-order valence-electron chi connectivity index (χ2n) is 5.51. The molecule has 0 aliphatic carbocycles. The summed E-state index contributed by atoms with van der Waals surface area (Å²) in [7, 11) is 0. The van der Waals surface area contributed by atoms with Crippen LogP contribution in [0, 0.1) is 12.3 Å².